The number of hydrogen-bond donors (Lipinski definition) is 1. The average Bonchev–Trinajstić information content (AvgIpc) is 2.32. The van der Waals surface area contributed by atoms with Gasteiger partial charge in [0.2, 0.25) is 11.8 Å². The lowest BCUT2D eigenvalue weighted by molar-refractivity contribution is -0.129. The van der Waals surface area contributed by atoms with Crippen molar-refractivity contribution in [1.29, 1.82) is 0 Å². The van der Waals surface area contributed by atoms with Gasteiger partial charge in [-0.1, -0.05) is 30.3 Å². The van der Waals surface area contributed by atoms with Gasteiger partial charge in [-0.3, -0.25) is 9.59 Å². The smallest absolute Gasteiger partial charge is 0.237 e. The first kappa shape index (κ1) is 11.7. The van der Waals surface area contributed by atoms with Crippen LogP contribution in [0.2, 0.25) is 0 Å². The predicted molar refractivity (Wildman–Crippen MR) is 67.8 cm³/mol. The van der Waals surface area contributed by atoms with E-state index in [1.807, 2.05) is 35.7 Å². The Labute approximate surface area is 103 Å². The molecule has 1 aliphatic rings. The Bertz CT molecular complexity index is 471. The molecule has 1 heterocycles. The Kier molecular flexibility index (Phi) is 3.49. The molecule has 0 aliphatic carbocycles. The van der Waals surface area contributed by atoms with Crippen LogP contribution in [0.3, 0.4) is 0 Å². The monoisotopic (exact) mass is 248 g/mol. The van der Waals surface area contributed by atoms with Gasteiger partial charge in [0, 0.05) is 0 Å². The van der Waals surface area contributed by atoms with Gasteiger partial charge in [0.1, 0.15) is 6.54 Å². The molecule has 1 aromatic rings. The summed E-state index contributed by atoms with van der Waals surface area (Å²) in [6, 6.07) is 9.49. The topological polar surface area (TPSA) is 63.4 Å². The van der Waals surface area contributed by atoms with Gasteiger partial charge in [0.25, 0.3) is 0 Å². The van der Waals surface area contributed by atoms with Crippen LogP contribution >= 0.6 is 11.8 Å². The van der Waals surface area contributed by atoms with E-state index in [0.29, 0.717) is 5.75 Å². The Balaban J connectivity index is 2.33. The van der Waals surface area contributed by atoms with Gasteiger partial charge in [0.05, 0.1) is 11.4 Å². The Morgan fingerprint density at radius 2 is 2.06 bits per heavy atom. The molecule has 0 aromatic heterocycles. The summed E-state index contributed by atoms with van der Waals surface area (Å²) in [5, 5.41) is 1.89. The van der Waals surface area contributed by atoms with Crippen LogP contribution in [-0.2, 0) is 9.59 Å². The second-order valence-electron chi connectivity index (χ2n) is 3.63. The number of benzene rings is 1. The molecule has 1 aromatic carbocycles. The first-order valence-corrected chi connectivity index (χ1v) is 6.19. The SMILES string of the molecule is NC(=O)CN1C(=O)CSC=C1c1ccccc1. The van der Waals surface area contributed by atoms with Gasteiger partial charge in [-0.05, 0) is 11.0 Å². The molecule has 2 rings (SSSR count). The summed E-state index contributed by atoms with van der Waals surface area (Å²) in [6.45, 7) is -0.0693. The second-order valence-corrected chi connectivity index (χ2v) is 4.48. The van der Waals surface area contributed by atoms with Crippen molar-refractivity contribution in [2.75, 3.05) is 12.3 Å². The quantitative estimate of drug-likeness (QED) is 0.869. The number of carbonyl (C=O) groups excluding carboxylic acids is 2. The van der Waals surface area contributed by atoms with Crippen molar-refractivity contribution in [1.82, 2.24) is 4.90 Å². The average molecular weight is 248 g/mol. The summed E-state index contributed by atoms with van der Waals surface area (Å²) >= 11 is 1.43. The van der Waals surface area contributed by atoms with Crippen LogP contribution in [0.5, 0.6) is 0 Å². The van der Waals surface area contributed by atoms with Crippen molar-refractivity contribution in [2.24, 2.45) is 5.73 Å². The zero-order valence-electron chi connectivity index (χ0n) is 9.13. The first-order valence-electron chi connectivity index (χ1n) is 5.14. The van der Waals surface area contributed by atoms with Gasteiger partial charge in [0.15, 0.2) is 0 Å². The highest BCUT2D eigenvalue weighted by Crippen LogP contribution is 2.27. The molecular weight excluding hydrogens is 236 g/mol. The van der Waals surface area contributed by atoms with Crippen molar-refractivity contribution in [3.05, 3.63) is 41.3 Å². The lowest BCUT2D eigenvalue weighted by Crippen LogP contribution is -2.39. The number of carbonyl (C=O) groups is 2. The molecule has 5 heteroatoms. The highest BCUT2D eigenvalue weighted by Gasteiger charge is 2.24. The standard InChI is InChI=1S/C12H12N2O2S/c13-11(15)6-14-10(7-17-8-12(14)16)9-4-2-1-3-5-9/h1-5,7H,6,8H2,(H2,13,15). The van der Waals surface area contributed by atoms with Crippen molar-refractivity contribution in [3.8, 4) is 0 Å². The van der Waals surface area contributed by atoms with Gasteiger partial charge in [-0.2, -0.15) is 0 Å². The molecule has 2 N–H and O–H groups in total. The molecule has 1 aliphatic heterocycles. The van der Waals surface area contributed by atoms with E-state index in [9.17, 15) is 9.59 Å². The van der Waals surface area contributed by atoms with E-state index in [1.165, 1.54) is 16.7 Å². The van der Waals surface area contributed by atoms with Crippen LogP contribution in [-0.4, -0.2) is 29.0 Å². The molecule has 0 saturated carbocycles. The largest absolute Gasteiger partial charge is 0.368 e. The number of nitrogens with zero attached hydrogens (tertiary/aromatic N) is 1. The summed E-state index contributed by atoms with van der Waals surface area (Å²) in [7, 11) is 0. The molecule has 4 nitrogen and oxygen atoms in total. The summed E-state index contributed by atoms with van der Waals surface area (Å²) in [5.74, 6) is -0.244. The highest BCUT2D eigenvalue weighted by molar-refractivity contribution is 8.03. The Morgan fingerprint density at radius 3 is 2.71 bits per heavy atom. The lowest BCUT2D eigenvalue weighted by Gasteiger charge is -2.27. The normalized spacial score (nSPS) is 15.6. The van der Waals surface area contributed by atoms with E-state index in [0.717, 1.165) is 11.3 Å². The van der Waals surface area contributed by atoms with E-state index in [-0.39, 0.29) is 12.5 Å². The second kappa shape index (κ2) is 5.05. The lowest BCUT2D eigenvalue weighted by atomic mass is 10.1. The highest BCUT2D eigenvalue weighted by atomic mass is 32.2. The fraction of sp³-hybridized carbons (Fsp3) is 0.167. The van der Waals surface area contributed by atoms with Gasteiger partial charge >= 0.3 is 0 Å². The summed E-state index contributed by atoms with van der Waals surface area (Å²) in [5.41, 5.74) is 6.81. The minimum Gasteiger partial charge on any atom is -0.368 e. The van der Waals surface area contributed by atoms with E-state index >= 15 is 0 Å². The number of amides is 2. The molecule has 0 saturated heterocycles. The molecule has 0 radical (unpaired) electrons. The van der Waals surface area contributed by atoms with E-state index < -0.39 is 5.91 Å². The maximum Gasteiger partial charge on any atom is 0.237 e. The number of hydrogen-bond acceptors (Lipinski definition) is 3. The number of rotatable bonds is 3. The molecule has 17 heavy (non-hydrogen) atoms. The number of nitrogens with two attached hydrogens (primary N) is 1. The molecule has 0 atom stereocenters. The van der Waals surface area contributed by atoms with E-state index in [1.54, 1.807) is 0 Å². The number of primary amides is 1. The van der Waals surface area contributed by atoms with Crippen molar-refractivity contribution in [3.63, 3.8) is 0 Å². The third-order valence-electron chi connectivity index (χ3n) is 2.38. The maximum atomic E-state index is 11.8. The van der Waals surface area contributed by atoms with Gasteiger partial charge in [-0.25, -0.2) is 0 Å². The van der Waals surface area contributed by atoms with Gasteiger partial charge in [-0.15, -0.1) is 11.8 Å². The van der Waals surface area contributed by atoms with Crippen LogP contribution in [0.15, 0.2) is 35.7 Å². The van der Waals surface area contributed by atoms with E-state index in [2.05, 4.69) is 0 Å². The molecule has 0 fully saturated rings. The molecule has 0 unspecified atom stereocenters. The summed E-state index contributed by atoms with van der Waals surface area (Å²) in [4.78, 5) is 24.2. The predicted octanol–water partition coefficient (Wildman–Crippen LogP) is 1.05. The van der Waals surface area contributed by atoms with Crippen molar-refractivity contribution < 1.29 is 9.59 Å². The molecule has 0 spiro atoms. The van der Waals surface area contributed by atoms with Crippen LogP contribution < -0.4 is 5.73 Å². The molecule has 2 amide bonds. The number of thioether (sulfide) groups is 1. The van der Waals surface area contributed by atoms with Gasteiger partial charge < -0.3 is 10.6 Å². The molecule has 0 bridgehead atoms. The Morgan fingerprint density at radius 1 is 1.35 bits per heavy atom. The van der Waals surface area contributed by atoms with Crippen molar-refractivity contribution >= 4 is 29.3 Å². The Hall–Kier alpha value is -1.75. The molecular formula is C12H12N2O2S. The van der Waals surface area contributed by atoms with Crippen LogP contribution in [0.4, 0.5) is 0 Å². The third-order valence-corrected chi connectivity index (χ3v) is 3.18. The fourth-order valence-electron chi connectivity index (χ4n) is 1.63. The van der Waals surface area contributed by atoms with Crippen LogP contribution in [0, 0.1) is 0 Å². The third kappa shape index (κ3) is 2.68. The summed E-state index contributed by atoms with van der Waals surface area (Å²) < 4.78 is 0. The van der Waals surface area contributed by atoms with Crippen LogP contribution in [0.25, 0.3) is 5.70 Å². The first-order chi connectivity index (χ1) is 8.18. The molecule has 88 valence electrons. The maximum absolute atomic E-state index is 11.8. The van der Waals surface area contributed by atoms with Crippen molar-refractivity contribution in [2.45, 2.75) is 0 Å². The minimum atomic E-state index is -0.507. The van der Waals surface area contributed by atoms with E-state index in [4.69, 9.17) is 5.73 Å². The zero-order valence-corrected chi connectivity index (χ0v) is 9.94. The van der Waals surface area contributed by atoms with Crippen LogP contribution in [0.1, 0.15) is 5.56 Å². The zero-order chi connectivity index (χ0) is 12.3. The summed E-state index contributed by atoms with van der Waals surface area (Å²) in [6.07, 6.45) is 0. The minimum absolute atomic E-state index is 0.0693. The fourth-order valence-corrected chi connectivity index (χ4v) is 2.43.